The molecular weight excluding hydrogens is 294 g/mol. The average Bonchev–Trinajstić information content (AvgIpc) is 2.82. The van der Waals surface area contributed by atoms with Crippen molar-refractivity contribution in [2.75, 3.05) is 26.7 Å². The van der Waals surface area contributed by atoms with Crippen LogP contribution in [0.4, 0.5) is 0 Å². The van der Waals surface area contributed by atoms with Gasteiger partial charge in [0.05, 0.1) is 5.69 Å². The van der Waals surface area contributed by atoms with Crippen LogP contribution in [-0.4, -0.2) is 45.0 Å². The molecule has 2 heterocycles. The predicted octanol–water partition coefficient (Wildman–Crippen LogP) is 1.33. The summed E-state index contributed by atoms with van der Waals surface area (Å²) in [6.45, 7) is 4.09. The molecule has 102 valence electrons. The highest BCUT2D eigenvalue weighted by Crippen LogP contribution is 2.26. The number of sulfonamides is 1. The monoisotopic (exact) mass is 309 g/mol. The van der Waals surface area contributed by atoms with Crippen LogP contribution in [0.1, 0.15) is 12.1 Å². The number of nitrogens with zero attached hydrogens (tertiary/aromatic N) is 2. The highest BCUT2D eigenvalue weighted by Gasteiger charge is 2.25. The van der Waals surface area contributed by atoms with Crippen LogP contribution in [0.15, 0.2) is 4.21 Å². The Balaban J connectivity index is 2.02. The van der Waals surface area contributed by atoms with E-state index in [-0.39, 0.29) is 8.68 Å². The van der Waals surface area contributed by atoms with E-state index in [9.17, 15) is 8.42 Å². The van der Waals surface area contributed by atoms with Crippen LogP contribution in [0.3, 0.4) is 0 Å². The van der Waals surface area contributed by atoms with Gasteiger partial charge in [0.1, 0.15) is 0 Å². The number of hydrogen-bond acceptors (Lipinski definition) is 5. The number of nitrogens with one attached hydrogen (secondary N) is 1. The lowest BCUT2D eigenvalue weighted by Gasteiger charge is -2.11. The quantitative estimate of drug-likeness (QED) is 0.911. The third-order valence-electron chi connectivity index (χ3n) is 3.02. The molecule has 0 aromatic carbocycles. The Bertz CT molecular complexity index is 529. The van der Waals surface area contributed by atoms with Crippen molar-refractivity contribution in [1.29, 1.82) is 0 Å². The Kier molecular flexibility index (Phi) is 4.28. The van der Waals surface area contributed by atoms with Crippen LogP contribution in [0, 0.1) is 12.8 Å². The molecule has 8 heteroatoms. The molecule has 0 radical (unpaired) electrons. The molecule has 1 unspecified atom stereocenters. The van der Waals surface area contributed by atoms with Gasteiger partial charge in [0, 0.05) is 13.1 Å². The largest absolute Gasteiger partial charge is 0.306 e. The SMILES string of the molecule is Cc1nc(Cl)sc1S(=O)(=O)NCC1CCN(C)C1. The summed E-state index contributed by atoms with van der Waals surface area (Å²) in [6, 6.07) is 0. The van der Waals surface area contributed by atoms with Gasteiger partial charge in [-0.15, -0.1) is 0 Å². The number of aromatic nitrogens is 1. The molecule has 1 aromatic heterocycles. The molecule has 0 saturated carbocycles. The summed E-state index contributed by atoms with van der Waals surface area (Å²) in [5.41, 5.74) is 0.459. The summed E-state index contributed by atoms with van der Waals surface area (Å²) < 4.78 is 27.3. The minimum absolute atomic E-state index is 0.221. The summed E-state index contributed by atoms with van der Waals surface area (Å²) in [5, 5.41) is 0. The van der Waals surface area contributed by atoms with Gasteiger partial charge in [-0.25, -0.2) is 18.1 Å². The van der Waals surface area contributed by atoms with Crippen molar-refractivity contribution in [2.24, 2.45) is 5.92 Å². The predicted molar refractivity (Wildman–Crippen MR) is 72.7 cm³/mol. The zero-order valence-corrected chi connectivity index (χ0v) is 12.7. The van der Waals surface area contributed by atoms with E-state index in [1.807, 2.05) is 7.05 Å². The topological polar surface area (TPSA) is 62.3 Å². The summed E-state index contributed by atoms with van der Waals surface area (Å²) >= 11 is 6.72. The van der Waals surface area contributed by atoms with Crippen LogP contribution < -0.4 is 4.72 Å². The van der Waals surface area contributed by atoms with Gasteiger partial charge in [-0.3, -0.25) is 0 Å². The zero-order chi connectivity index (χ0) is 13.3. The van der Waals surface area contributed by atoms with E-state index in [0.717, 1.165) is 30.8 Å². The molecule has 1 aromatic rings. The van der Waals surface area contributed by atoms with Crippen molar-refractivity contribution in [3.63, 3.8) is 0 Å². The number of thiazole rings is 1. The maximum Gasteiger partial charge on any atom is 0.251 e. The maximum absolute atomic E-state index is 12.1. The first-order chi connectivity index (χ1) is 8.38. The third-order valence-corrected chi connectivity index (χ3v) is 6.32. The summed E-state index contributed by atoms with van der Waals surface area (Å²) in [5.74, 6) is 0.383. The molecule has 5 nitrogen and oxygen atoms in total. The second-order valence-corrected chi connectivity index (χ2v) is 8.15. The fourth-order valence-electron chi connectivity index (χ4n) is 2.09. The Hall–Kier alpha value is -0.210. The minimum atomic E-state index is -3.47. The first-order valence-corrected chi connectivity index (χ1v) is 8.37. The lowest BCUT2D eigenvalue weighted by molar-refractivity contribution is 0.394. The van der Waals surface area contributed by atoms with E-state index in [4.69, 9.17) is 11.6 Å². The molecule has 0 aliphatic carbocycles. The second-order valence-electron chi connectivity index (χ2n) is 4.61. The van der Waals surface area contributed by atoms with E-state index in [1.165, 1.54) is 0 Å². The summed E-state index contributed by atoms with van der Waals surface area (Å²) in [7, 11) is -1.43. The van der Waals surface area contributed by atoms with E-state index in [0.29, 0.717) is 18.2 Å². The van der Waals surface area contributed by atoms with E-state index >= 15 is 0 Å². The van der Waals surface area contributed by atoms with Gasteiger partial charge in [-0.05, 0) is 32.9 Å². The molecule has 18 heavy (non-hydrogen) atoms. The molecule has 1 atom stereocenters. The summed E-state index contributed by atoms with van der Waals surface area (Å²) in [4.78, 5) is 6.13. The number of rotatable bonds is 4. The van der Waals surface area contributed by atoms with Crippen molar-refractivity contribution in [1.82, 2.24) is 14.6 Å². The van der Waals surface area contributed by atoms with Gasteiger partial charge >= 0.3 is 0 Å². The average molecular weight is 310 g/mol. The van der Waals surface area contributed by atoms with Gasteiger partial charge in [0.15, 0.2) is 8.68 Å². The number of aryl methyl sites for hydroxylation is 1. The third kappa shape index (κ3) is 3.21. The molecule has 1 N–H and O–H groups in total. The second kappa shape index (κ2) is 5.42. The lowest BCUT2D eigenvalue weighted by atomic mass is 10.1. The summed E-state index contributed by atoms with van der Waals surface area (Å²) in [6.07, 6.45) is 1.03. The lowest BCUT2D eigenvalue weighted by Crippen LogP contribution is -2.30. The molecule has 0 amide bonds. The van der Waals surface area contributed by atoms with Crippen LogP contribution in [0.2, 0.25) is 4.47 Å². The van der Waals surface area contributed by atoms with Crippen molar-refractivity contribution in [3.8, 4) is 0 Å². The van der Waals surface area contributed by atoms with Crippen LogP contribution in [-0.2, 0) is 10.0 Å². The molecule has 1 aliphatic rings. The first-order valence-electron chi connectivity index (χ1n) is 5.69. The van der Waals surface area contributed by atoms with E-state index < -0.39 is 10.0 Å². The first kappa shape index (κ1) is 14.2. The number of hydrogen-bond donors (Lipinski definition) is 1. The Labute approximate surface area is 116 Å². The van der Waals surface area contributed by atoms with Gasteiger partial charge < -0.3 is 4.90 Å². The van der Waals surface area contributed by atoms with Gasteiger partial charge in [-0.2, -0.15) is 0 Å². The van der Waals surface area contributed by atoms with Crippen molar-refractivity contribution in [3.05, 3.63) is 10.2 Å². The number of halogens is 1. The molecular formula is C10H16ClN3O2S2. The van der Waals surface area contributed by atoms with E-state index in [2.05, 4.69) is 14.6 Å². The zero-order valence-electron chi connectivity index (χ0n) is 10.3. The minimum Gasteiger partial charge on any atom is -0.306 e. The van der Waals surface area contributed by atoms with Crippen LogP contribution in [0.5, 0.6) is 0 Å². The van der Waals surface area contributed by atoms with Crippen molar-refractivity contribution in [2.45, 2.75) is 17.6 Å². The fourth-order valence-corrected chi connectivity index (χ4v) is 4.98. The standard InChI is InChI=1S/C10H16ClN3O2S2/c1-7-9(17-10(11)13-7)18(15,16)12-5-8-3-4-14(2)6-8/h8,12H,3-6H2,1-2H3. The highest BCUT2D eigenvalue weighted by atomic mass is 35.5. The molecule has 2 rings (SSSR count). The normalized spacial score (nSPS) is 21.6. The Morgan fingerprint density at radius 3 is 2.83 bits per heavy atom. The molecule has 0 bridgehead atoms. The smallest absolute Gasteiger partial charge is 0.251 e. The van der Waals surface area contributed by atoms with Gasteiger partial charge in [0.2, 0.25) is 0 Å². The van der Waals surface area contributed by atoms with Crippen LogP contribution in [0.25, 0.3) is 0 Å². The van der Waals surface area contributed by atoms with Crippen molar-refractivity contribution >= 4 is 33.0 Å². The molecule has 0 spiro atoms. The van der Waals surface area contributed by atoms with Gasteiger partial charge in [0.25, 0.3) is 10.0 Å². The van der Waals surface area contributed by atoms with E-state index in [1.54, 1.807) is 6.92 Å². The Morgan fingerprint density at radius 1 is 1.61 bits per heavy atom. The van der Waals surface area contributed by atoms with Gasteiger partial charge in [-0.1, -0.05) is 22.9 Å². The number of likely N-dealkylation sites (tertiary alicyclic amines) is 1. The Morgan fingerprint density at radius 2 is 2.33 bits per heavy atom. The van der Waals surface area contributed by atoms with Crippen molar-refractivity contribution < 1.29 is 8.42 Å². The highest BCUT2D eigenvalue weighted by molar-refractivity contribution is 7.91. The molecule has 1 aliphatic heterocycles. The fraction of sp³-hybridized carbons (Fsp3) is 0.700. The molecule has 1 fully saturated rings. The van der Waals surface area contributed by atoms with Crippen LogP contribution >= 0.6 is 22.9 Å². The molecule has 1 saturated heterocycles. The maximum atomic E-state index is 12.1.